The number of aromatic nitrogens is 2. The van der Waals surface area contributed by atoms with Gasteiger partial charge in [0.05, 0.1) is 23.9 Å². The maximum absolute atomic E-state index is 13.3. The summed E-state index contributed by atoms with van der Waals surface area (Å²) in [6.45, 7) is 6.10. The lowest BCUT2D eigenvalue weighted by atomic mass is 10.0. The summed E-state index contributed by atoms with van der Waals surface area (Å²) in [6, 6.07) is 14.4. The van der Waals surface area contributed by atoms with Crippen LogP contribution in [0.15, 0.2) is 59.7 Å². The number of hydrogen-bond acceptors (Lipinski definition) is 6. The number of hydrogen-bond donors (Lipinski definition) is 1. The molecule has 2 heterocycles. The summed E-state index contributed by atoms with van der Waals surface area (Å²) in [5.41, 5.74) is 3.62. The first-order valence-corrected chi connectivity index (χ1v) is 11.8. The third-order valence-corrected chi connectivity index (χ3v) is 6.36. The van der Waals surface area contributed by atoms with E-state index in [9.17, 15) is 14.4 Å². The number of anilines is 1. The van der Waals surface area contributed by atoms with Crippen LogP contribution >= 0.6 is 11.3 Å². The lowest BCUT2D eigenvalue weighted by Gasteiger charge is -2.09. The molecule has 0 spiro atoms. The Labute approximate surface area is 201 Å². The first-order chi connectivity index (χ1) is 16.4. The van der Waals surface area contributed by atoms with Gasteiger partial charge in [-0.15, -0.1) is 11.3 Å². The molecule has 4 rings (SSSR count). The van der Waals surface area contributed by atoms with Gasteiger partial charge in [-0.2, -0.15) is 0 Å². The van der Waals surface area contributed by atoms with Crippen molar-refractivity contribution in [1.82, 2.24) is 9.55 Å². The Hall–Kier alpha value is -3.78. The highest BCUT2D eigenvalue weighted by Gasteiger charge is 2.18. The van der Waals surface area contributed by atoms with Crippen molar-refractivity contribution in [1.29, 1.82) is 0 Å². The van der Waals surface area contributed by atoms with Crippen molar-refractivity contribution in [3.05, 3.63) is 81.2 Å². The van der Waals surface area contributed by atoms with Gasteiger partial charge >= 0.3 is 5.97 Å². The van der Waals surface area contributed by atoms with E-state index in [1.807, 2.05) is 45.0 Å². The Morgan fingerprint density at radius 2 is 1.76 bits per heavy atom. The highest BCUT2D eigenvalue weighted by atomic mass is 32.1. The van der Waals surface area contributed by atoms with Crippen LogP contribution in [0.2, 0.25) is 0 Å². The van der Waals surface area contributed by atoms with E-state index in [0.717, 1.165) is 28.0 Å². The summed E-state index contributed by atoms with van der Waals surface area (Å²) >= 11 is 1.47. The zero-order chi connectivity index (χ0) is 24.2. The zero-order valence-corrected chi connectivity index (χ0v) is 20.1. The summed E-state index contributed by atoms with van der Waals surface area (Å²) in [7, 11) is 0. The molecule has 0 fully saturated rings. The molecule has 4 aromatic rings. The van der Waals surface area contributed by atoms with Crippen LogP contribution in [0, 0.1) is 13.8 Å². The van der Waals surface area contributed by atoms with E-state index in [1.165, 1.54) is 22.2 Å². The Bertz CT molecular complexity index is 1400. The largest absolute Gasteiger partial charge is 0.462 e. The number of ether oxygens (including phenoxy) is 1. The number of carbonyl (C=O) groups is 2. The SMILES string of the molecule is CCCOC(=O)c1ccc(NC(=O)Cn2cnc3sc(C)c(-c4ccc(C)cc4)c3c2=O)cc1. The molecular weight excluding hydrogens is 450 g/mol. The number of carbonyl (C=O) groups excluding carboxylic acids is 2. The molecule has 0 aliphatic heterocycles. The average Bonchev–Trinajstić information content (AvgIpc) is 3.17. The number of thiophene rings is 1. The van der Waals surface area contributed by atoms with E-state index in [-0.39, 0.29) is 18.0 Å². The first kappa shape index (κ1) is 23.4. The fourth-order valence-electron chi connectivity index (χ4n) is 3.64. The number of nitrogens with zero attached hydrogens (tertiary/aromatic N) is 2. The summed E-state index contributed by atoms with van der Waals surface area (Å²) in [6.07, 6.45) is 2.16. The van der Waals surface area contributed by atoms with Gasteiger partial charge in [0.15, 0.2) is 0 Å². The Balaban J connectivity index is 1.54. The van der Waals surface area contributed by atoms with Crippen molar-refractivity contribution in [3.8, 4) is 11.1 Å². The van der Waals surface area contributed by atoms with Gasteiger partial charge in [0.25, 0.3) is 5.56 Å². The van der Waals surface area contributed by atoms with Gasteiger partial charge in [-0.1, -0.05) is 36.8 Å². The van der Waals surface area contributed by atoms with Gasteiger partial charge in [-0.05, 0) is 50.1 Å². The molecule has 7 nitrogen and oxygen atoms in total. The first-order valence-electron chi connectivity index (χ1n) is 11.0. The molecule has 0 aliphatic carbocycles. The molecule has 0 bridgehead atoms. The zero-order valence-electron chi connectivity index (χ0n) is 19.3. The summed E-state index contributed by atoms with van der Waals surface area (Å²) in [5.74, 6) is -0.769. The topological polar surface area (TPSA) is 90.3 Å². The van der Waals surface area contributed by atoms with E-state index in [1.54, 1.807) is 24.3 Å². The summed E-state index contributed by atoms with van der Waals surface area (Å²) in [5, 5.41) is 3.28. The second-order valence-electron chi connectivity index (χ2n) is 8.02. The molecule has 1 amide bonds. The van der Waals surface area contributed by atoms with Crippen LogP contribution in [-0.2, 0) is 16.1 Å². The van der Waals surface area contributed by atoms with Crippen molar-refractivity contribution in [3.63, 3.8) is 0 Å². The Kier molecular flexibility index (Phi) is 6.88. The van der Waals surface area contributed by atoms with Crippen LogP contribution in [0.5, 0.6) is 0 Å². The third-order valence-electron chi connectivity index (χ3n) is 5.35. The van der Waals surface area contributed by atoms with Gasteiger partial charge in [0.1, 0.15) is 11.4 Å². The number of nitrogens with one attached hydrogen (secondary N) is 1. The van der Waals surface area contributed by atoms with E-state index in [0.29, 0.717) is 28.1 Å². The molecule has 8 heteroatoms. The summed E-state index contributed by atoms with van der Waals surface area (Å²) < 4.78 is 6.42. The third kappa shape index (κ3) is 4.92. The van der Waals surface area contributed by atoms with Gasteiger partial charge in [-0.3, -0.25) is 14.2 Å². The van der Waals surface area contributed by atoms with E-state index >= 15 is 0 Å². The number of aryl methyl sites for hydroxylation is 2. The normalized spacial score (nSPS) is 10.9. The smallest absolute Gasteiger partial charge is 0.338 e. The molecule has 0 unspecified atom stereocenters. The molecular formula is C26H25N3O4S. The molecule has 0 saturated heterocycles. The number of benzene rings is 2. The second-order valence-corrected chi connectivity index (χ2v) is 9.22. The van der Waals surface area contributed by atoms with Crippen molar-refractivity contribution in [2.75, 3.05) is 11.9 Å². The lowest BCUT2D eigenvalue weighted by molar-refractivity contribution is -0.116. The van der Waals surface area contributed by atoms with Crippen LogP contribution < -0.4 is 10.9 Å². The van der Waals surface area contributed by atoms with Crippen molar-refractivity contribution in [2.45, 2.75) is 33.7 Å². The Morgan fingerprint density at radius 1 is 1.06 bits per heavy atom. The number of rotatable bonds is 7. The molecule has 2 aromatic heterocycles. The molecule has 1 N–H and O–H groups in total. The van der Waals surface area contributed by atoms with Crippen LogP contribution in [0.4, 0.5) is 5.69 Å². The predicted octanol–water partition coefficient (Wildman–Crippen LogP) is 4.95. The summed E-state index contributed by atoms with van der Waals surface area (Å²) in [4.78, 5) is 43.9. The maximum atomic E-state index is 13.3. The fourth-order valence-corrected chi connectivity index (χ4v) is 4.64. The van der Waals surface area contributed by atoms with E-state index < -0.39 is 5.97 Å². The number of fused-ring (bicyclic) bond motifs is 1. The monoisotopic (exact) mass is 475 g/mol. The van der Waals surface area contributed by atoms with Crippen LogP contribution in [-0.4, -0.2) is 28.0 Å². The quantitative estimate of drug-likeness (QED) is 0.382. The van der Waals surface area contributed by atoms with E-state index in [4.69, 9.17) is 4.74 Å². The highest BCUT2D eigenvalue weighted by molar-refractivity contribution is 7.19. The number of amides is 1. The minimum Gasteiger partial charge on any atom is -0.462 e. The van der Waals surface area contributed by atoms with Crippen LogP contribution in [0.1, 0.15) is 34.1 Å². The average molecular weight is 476 g/mol. The number of esters is 1. The maximum Gasteiger partial charge on any atom is 0.338 e. The molecule has 34 heavy (non-hydrogen) atoms. The molecule has 174 valence electrons. The van der Waals surface area contributed by atoms with Gasteiger partial charge < -0.3 is 10.1 Å². The molecule has 2 aromatic carbocycles. The molecule has 0 radical (unpaired) electrons. The minimum absolute atomic E-state index is 0.176. The second kappa shape index (κ2) is 10.0. The van der Waals surface area contributed by atoms with Crippen LogP contribution in [0.25, 0.3) is 21.3 Å². The van der Waals surface area contributed by atoms with E-state index in [2.05, 4.69) is 10.3 Å². The van der Waals surface area contributed by atoms with Gasteiger partial charge in [0, 0.05) is 16.1 Å². The van der Waals surface area contributed by atoms with Crippen molar-refractivity contribution >= 4 is 39.1 Å². The van der Waals surface area contributed by atoms with Crippen LogP contribution in [0.3, 0.4) is 0 Å². The van der Waals surface area contributed by atoms with Gasteiger partial charge in [-0.25, -0.2) is 9.78 Å². The molecule has 0 saturated carbocycles. The predicted molar refractivity (Wildman–Crippen MR) is 134 cm³/mol. The highest BCUT2D eigenvalue weighted by Crippen LogP contribution is 2.35. The van der Waals surface area contributed by atoms with Gasteiger partial charge in [0.2, 0.25) is 5.91 Å². The molecule has 0 atom stereocenters. The molecule has 0 aliphatic rings. The minimum atomic E-state index is -0.402. The lowest BCUT2D eigenvalue weighted by Crippen LogP contribution is -2.27. The van der Waals surface area contributed by atoms with Crippen molar-refractivity contribution in [2.24, 2.45) is 0 Å². The Morgan fingerprint density at radius 3 is 2.44 bits per heavy atom. The standard InChI is InChI=1S/C26H25N3O4S/c1-4-13-33-26(32)19-9-11-20(12-10-19)28-21(30)14-29-15-27-24-23(25(29)31)22(17(3)34-24)18-7-5-16(2)6-8-18/h5-12,15H,4,13-14H2,1-3H3,(H,28,30). The fraction of sp³-hybridized carbons (Fsp3) is 0.231. The van der Waals surface area contributed by atoms with Crippen molar-refractivity contribution < 1.29 is 14.3 Å².